The number of morpholine rings is 1. The Balaban J connectivity index is 1.61. The third-order valence-electron chi connectivity index (χ3n) is 4.38. The zero-order chi connectivity index (χ0) is 16.7. The first kappa shape index (κ1) is 15.7. The number of rotatable bonds is 4. The highest BCUT2D eigenvalue weighted by Crippen LogP contribution is 2.42. The van der Waals surface area contributed by atoms with E-state index in [1.807, 2.05) is 13.8 Å². The highest BCUT2D eigenvalue weighted by Gasteiger charge is 2.37. The molecule has 3 heterocycles. The Bertz CT molecular complexity index is 737. The molecule has 4 rings (SSSR count). The molecule has 2 aromatic rings. The van der Waals surface area contributed by atoms with Gasteiger partial charge in [-0.25, -0.2) is 4.98 Å². The summed E-state index contributed by atoms with van der Waals surface area (Å²) in [6, 6.07) is -0.333. The van der Waals surface area contributed by atoms with Crippen molar-refractivity contribution in [2.45, 2.75) is 44.6 Å². The molecule has 0 N–H and O–H groups in total. The molecular formula is C16H20N4O3S. The lowest BCUT2D eigenvalue weighted by Crippen LogP contribution is -2.43. The van der Waals surface area contributed by atoms with Crippen LogP contribution in [0.3, 0.4) is 0 Å². The minimum absolute atomic E-state index is 0.00278. The highest BCUT2D eigenvalue weighted by molar-refractivity contribution is 7.11. The first-order valence-electron chi connectivity index (χ1n) is 8.30. The second-order valence-electron chi connectivity index (χ2n) is 6.56. The summed E-state index contributed by atoms with van der Waals surface area (Å²) in [4.78, 5) is 20.0. The van der Waals surface area contributed by atoms with Gasteiger partial charge in [0.2, 0.25) is 11.8 Å². The maximum Gasteiger partial charge on any atom is 0.266 e. The van der Waals surface area contributed by atoms with E-state index in [-0.39, 0.29) is 17.9 Å². The fourth-order valence-corrected chi connectivity index (χ4v) is 3.69. The predicted octanol–water partition coefficient (Wildman–Crippen LogP) is 2.74. The fraction of sp³-hybridized carbons (Fsp3) is 0.625. The Morgan fingerprint density at radius 3 is 2.92 bits per heavy atom. The molecule has 0 radical (unpaired) electrons. The number of carbonyl (C=O) groups is 1. The van der Waals surface area contributed by atoms with E-state index in [0.29, 0.717) is 37.5 Å². The summed E-state index contributed by atoms with van der Waals surface area (Å²) in [7, 11) is 0. The average molecular weight is 348 g/mol. The Labute approximate surface area is 144 Å². The van der Waals surface area contributed by atoms with Crippen LogP contribution in [0, 0.1) is 0 Å². The summed E-state index contributed by atoms with van der Waals surface area (Å²) >= 11 is 1.42. The molecule has 1 saturated carbocycles. The predicted molar refractivity (Wildman–Crippen MR) is 87.1 cm³/mol. The van der Waals surface area contributed by atoms with Gasteiger partial charge in [0.05, 0.1) is 24.4 Å². The summed E-state index contributed by atoms with van der Waals surface area (Å²) in [6.07, 6.45) is 2.25. The number of hydrogen-bond acceptors (Lipinski definition) is 7. The van der Waals surface area contributed by atoms with Crippen molar-refractivity contribution < 1.29 is 13.9 Å². The van der Waals surface area contributed by atoms with E-state index in [4.69, 9.17) is 9.15 Å². The van der Waals surface area contributed by atoms with Crippen molar-refractivity contribution in [3.05, 3.63) is 27.9 Å². The molecule has 1 amide bonds. The molecule has 1 aliphatic heterocycles. The number of nitrogens with zero attached hydrogens (tertiary/aromatic N) is 4. The van der Waals surface area contributed by atoms with Crippen LogP contribution in [0.1, 0.15) is 71.7 Å². The van der Waals surface area contributed by atoms with Crippen LogP contribution >= 0.6 is 11.3 Å². The van der Waals surface area contributed by atoms with Crippen LogP contribution in [-0.4, -0.2) is 45.7 Å². The van der Waals surface area contributed by atoms with E-state index in [1.54, 1.807) is 10.4 Å². The molecule has 0 aromatic carbocycles. The number of carbonyl (C=O) groups excluding carboxylic acids is 1. The zero-order valence-corrected chi connectivity index (χ0v) is 14.6. The third kappa shape index (κ3) is 2.84. The standard InChI is InChI=1S/C16H20N4O3S/c1-9(2)14-18-19-15(23-14)11-7-22-6-5-20(11)16(21)13-12(10-3-4-10)17-8-24-13/h8-11H,3-7H2,1-2H3/t11-/m1/s1. The second kappa shape index (κ2) is 6.25. The Hall–Kier alpha value is -1.80. The number of aromatic nitrogens is 3. The van der Waals surface area contributed by atoms with Crippen molar-refractivity contribution in [3.63, 3.8) is 0 Å². The van der Waals surface area contributed by atoms with E-state index in [0.717, 1.165) is 23.4 Å². The molecule has 128 valence electrons. The van der Waals surface area contributed by atoms with E-state index in [9.17, 15) is 4.79 Å². The van der Waals surface area contributed by atoms with Crippen molar-refractivity contribution in [3.8, 4) is 0 Å². The van der Waals surface area contributed by atoms with Crippen LogP contribution in [-0.2, 0) is 4.74 Å². The van der Waals surface area contributed by atoms with Crippen LogP contribution in [0.4, 0.5) is 0 Å². The summed E-state index contributed by atoms with van der Waals surface area (Å²) in [5.41, 5.74) is 2.71. The second-order valence-corrected chi connectivity index (χ2v) is 7.42. The molecular weight excluding hydrogens is 328 g/mol. The molecule has 1 saturated heterocycles. The number of amides is 1. The monoisotopic (exact) mass is 348 g/mol. The molecule has 2 aliphatic rings. The van der Waals surface area contributed by atoms with Crippen LogP contribution in [0.25, 0.3) is 0 Å². The molecule has 24 heavy (non-hydrogen) atoms. The van der Waals surface area contributed by atoms with E-state index < -0.39 is 0 Å². The Morgan fingerprint density at radius 1 is 1.38 bits per heavy atom. The van der Waals surface area contributed by atoms with Crippen molar-refractivity contribution in [1.82, 2.24) is 20.1 Å². The highest BCUT2D eigenvalue weighted by atomic mass is 32.1. The first-order chi connectivity index (χ1) is 11.6. The molecule has 0 bridgehead atoms. The topological polar surface area (TPSA) is 81.4 Å². The summed E-state index contributed by atoms with van der Waals surface area (Å²) in [5, 5.41) is 8.23. The normalized spacial score (nSPS) is 21.5. The van der Waals surface area contributed by atoms with Gasteiger partial charge in [-0.15, -0.1) is 21.5 Å². The Morgan fingerprint density at radius 2 is 2.21 bits per heavy atom. The third-order valence-corrected chi connectivity index (χ3v) is 5.21. The zero-order valence-electron chi connectivity index (χ0n) is 13.8. The quantitative estimate of drug-likeness (QED) is 0.845. The van der Waals surface area contributed by atoms with Gasteiger partial charge in [0.1, 0.15) is 10.9 Å². The summed E-state index contributed by atoms with van der Waals surface area (Å²) in [6.45, 7) is 5.41. The van der Waals surface area contributed by atoms with Crippen LogP contribution in [0.15, 0.2) is 9.93 Å². The first-order valence-corrected chi connectivity index (χ1v) is 9.18. The van der Waals surface area contributed by atoms with Gasteiger partial charge in [-0.05, 0) is 12.8 Å². The van der Waals surface area contributed by atoms with Gasteiger partial charge in [0, 0.05) is 18.4 Å². The van der Waals surface area contributed by atoms with Crippen LogP contribution in [0.5, 0.6) is 0 Å². The van der Waals surface area contributed by atoms with Gasteiger partial charge in [-0.2, -0.15) is 0 Å². The van der Waals surface area contributed by atoms with Crippen LogP contribution < -0.4 is 0 Å². The molecule has 2 fully saturated rings. The lowest BCUT2D eigenvalue weighted by Gasteiger charge is -2.33. The Kier molecular flexibility index (Phi) is 4.09. The van der Waals surface area contributed by atoms with Gasteiger partial charge in [0.25, 0.3) is 5.91 Å². The summed E-state index contributed by atoms with van der Waals surface area (Å²) < 4.78 is 11.3. The molecule has 7 nitrogen and oxygen atoms in total. The molecule has 8 heteroatoms. The van der Waals surface area contributed by atoms with E-state index in [1.165, 1.54) is 11.3 Å². The lowest BCUT2D eigenvalue weighted by molar-refractivity contribution is -0.0106. The van der Waals surface area contributed by atoms with Gasteiger partial charge >= 0.3 is 0 Å². The molecule has 1 atom stereocenters. The molecule has 0 unspecified atom stereocenters. The van der Waals surface area contributed by atoms with Gasteiger partial charge < -0.3 is 14.1 Å². The SMILES string of the molecule is CC(C)c1nnc([C@H]2COCCN2C(=O)c2scnc2C2CC2)o1. The average Bonchev–Trinajstić information content (AvgIpc) is 3.13. The van der Waals surface area contributed by atoms with E-state index in [2.05, 4.69) is 15.2 Å². The van der Waals surface area contributed by atoms with Gasteiger partial charge in [-0.3, -0.25) is 4.79 Å². The molecule has 0 spiro atoms. The van der Waals surface area contributed by atoms with E-state index >= 15 is 0 Å². The molecule has 2 aromatic heterocycles. The van der Waals surface area contributed by atoms with Crippen molar-refractivity contribution in [2.75, 3.05) is 19.8 Å². The number of ether oxygens (including phenoxy) is 1. The number of thiazole rings is 1. The smallest absolute Gasteiger partial charge is 0.266 e. The van der Waals surface area contributed by atoms with Crippen molar-refractivity contribution in [1.29, 1.82) is 0 Å². The van der Waals surface area contributed by atoms with Crippen molar-refractivity contribution in [2.24, 2.45) is 0 Å². The largest absolute Gasteiger partial charge is 0.423 e. The molecule has 1 aliphatic carbocycles. The van der Waals surface area contributed by atoms with Gasteiger partial charge in [-0.1, -0.05) is 13.8 Å². The minimum atomic E-state index is -0.333. The maximum absolute atomic E-state index is 13.1. The minimum Gasteiger partial charge on any atom is -0.423 e. The van der Waals surface area contributed by atoms with Gasteiger partial charge in [0.15, 0.2) is 0 Å². The van der Waals surface area contributed by atoms with Crippen molar-refractivity contribution >= 4 is 17.2 Å². The summed E-state index contributed by atoms with van der Waals surface area (Å²) in [5.74, 6) is 1.63. The number of hydrogen-bond donors (Lipinski definition) is 0. The fourth-order valence-electron chi connectivity index (χ4n) is 2.86. The maximum atomic E-state index is 13.1. The van der Waals surface area contributed by atoms with Crippen LogP contribution in [0.2, 0.25) is 0 Å². The lowest BCUT2D eigenvalue weighted by atomic mass is 10.2.